The summed E-state index contributed by atoms with van der Waals surface area (Å²) in [6, 6.07) is 0. The first kappa shape index (κ1) is 6.44. The molecule has 0 heterocycles. The molecule has 0 saturated heterocycles. The molecular formula is C6H9O. The molecule has 0 aromatic heterocycles. The van der Waals surface area contributed by atoms with Crippen LogP contribution in [0.15, 0.2) is 24.3 Å². The fraction of sp³-hybridized carbons (Fsp3) is 0.333. The normalized spacial score (nSPS) is 10.0. The maximum Gasteiger partial charge on any atom is 0.101 e. The third-order valence-corrected chi connectivity index (χ3v) is 0.499. The van der Waals surface area contributed by atoms with Gasteiger partial charge in [-0.25, -0.2) is 5.11 Å². The predicted molar refractivity (Wildman–Crippen MR) is 29.5 cm³/mol. The first-order valence-corrected chi connectivity index (χ1v) is 2.17. The lowest BCUT2D eigenvalue weighted by atomic mass is 10.3. The molecule has 0 fully saturated rings. The van der Waals surface area contributed by atoms with Crippen molar-refractivity contribution >= 4 is 0 Å². The Hall–Kier alpha value is -0.560. The van der Waals surface area contributed by atoms with Gasteiger partial charge in [0.05, 0.1) is 0 Å². The molecule has 0 unspecified atom stereocenters. The number of hydrogen-bond donors (Lipinski definition) is 0. The smallest absolute Gasteiger partial charge is 0.101 e. The van der Waals surface area contributed by atoms with Gasteiger partial charge in [-0.15, -0.1) is 0 Å². The van der Waals surface area contributed by atoms with Gasteiger partial charge in [0.2, 0.25) is 0 Å². The summed E-state index contributed by atoms with van der Waals surface area (Å²) in [5.41, 5.74) is 0.927. The van der Waals surface area contributed by atoms with E-state index in [1.807, 2.05) is 6.92 Å². The van der Waals surface area contributed by atoms with E-state index in [0.717, 1.165) is 5.57 Å². The number of rotatable bonds is 2. The largest absolute Gasteiger partial charge is 0.232 e. The second kappa shape index (κ2) is 3.62. The van der Waals surface area contributed by atoms with Crippen molar-refractivity contribution in [1.29, 1.82) is 0 Å². The van der Waals surface area contributed by atoms with Gasteiger partial charge in [0.25, 0.3) is 0 Å². The highest BCUT2D eigenvalue weighted by atomic mass is 16.2. The minimum absolute atomic E-state index is 0.146. The highest BCUT2D eigenvalue weighted by Crippen LogP contribution is 1.86. The molecule has 0 rings (SSSR count). The van der Waals surface area contributed by atoms with Crippen molar-refractivity contribution in [2.75, 3.05) is 6.61 Å². The number of hydrogen-bond acceptors (Lipinski definition) is 0. The first-order valence-electron chi connectivity index (χ1n) is 2.17. The molecule has 0 N–H and O–H groups in total. The topological polar surface area (TPSA) is 19.9 Å². The molecule has 0 aliphatic carbocycles. The van der Waals surface area contributed by atoms with Crippen LogP contribution in [0.2, 0.25) is 0 Å². The minimum atomic E-state index is -0.146. The van der Waals surface area contributed by atoms with Crippen LogP contribution < -0.4 is 0 Å². The Balaban J connectivity index is 3.26. The maximum absolute atomic E-state index is 9.71. The summed E-state index contributed by atoms with van der Waals surface area (Å²) in [4.78, 5) is 0. The van der Waals surface area contributed by atoms with Crippen LogP contribution in [0, 0.1) is 0 Å². The Morgan fingerprint density at radius 2 is 2.43 bits per heavy atom. The van der Waals surface area contributed by atoms with Gasteiger partial charge < -0.3 is 0 Å². The molecule has 0 aromatic carbocycles. The molecule has 7 heavy (non-hydrogen) atoms. The maximum atomic E-state index is 9.71. The molecule has 0 bridgehead atoms. The average molecular weight is 97.1 g/mol. The van der Waals surface area contributed by atoms with Crippen LogP contribution in [0.25, 0.3) is 0 Å². The second-order valence-corrected chi connectivity index (χ2v) is 1.42. The summed E-state index contributed by atoms with van der Waals surface area (Å²) < 4.78 is 0. The van der Waals surface area contributed by atoms with E-state index in [4.69, 9.17) is 0 Å². The molecular weight excluding hydrogens is 88.1 g/mol. The lowest BCUT2D eigenvalue weighted by molar-refractivity contribution is 0.232. The average Bonchev–Trinajstić information content (AvgIpc) is 1.61. The van der Waals surface area contributed by atoms with Gasteiger partial charge in [-0.1, -0.05) is 24.3 Å². The fourth-order valence-electron chi connectivity index (χ4n) is 0.249. The van der Waals surface area contributed by atoms with E-state index < -0.39 is 0 Å². The highest BCUT2D eigenvalue weighted by molar-refractivity contribution is 5.10. The predicted octanol–water partition coefficient (Wildman–Crippen LogP) is 1.55. The van der Waals surface area contributed by atoms with E-state index >= 15 is 0 Å². The molecule has 0 saturated carbocycles. The van der Waals surface area contributed by atoms with Crippen LogP contribution in [-0.2, 0) is 5.11 Å². The minimum Gasteiger partial charge on any atom is -0.232 e. The van der Waals surface area contributed by atoms with Gasteiger partial charge in [-0.05, 0) is 6.92 Å². The highest BCUT2D eigenvalue weighted by Gasteiger charge is 1.69. The van der Waals surface area contributed by atoms with E-state index in [-0.39, 0.29) is 6.61 Å². The van der Waals surface area contributed by atoms with Crippen molar-refractivity contribution in [3.05, 3.63) is 24.3 Å². The van der Waals surface area contributed by atoms with E-state index in [9.17, 15) is 5.11 Å². The van der Waals surface area contributed by atoms with E-state index in [0.29, 0.717) is 0 Å². The van der Waals surface area contributed by atoms with E-state index in [1.54, 1.807) is 12.2 Å². The SMILES string of the molecule is C=C(C)C=CC[O]. The zero-order valence-electron chi connectivity index (χ0n) is 4.48. The summed E-state index contributed by atoms with van der Waals surface area (Å²) in [6.45, 7) is 5.27. The van der Waals surface area contributed by atoms with Gasteiger partial charge in [-0.3, -0.25) is 0 Å². The van der Waals surface area contributed by atoms with Crippen molar-refractivity contribution in [3.8, 4) is 0 Å². The third-order valence-electron chi connectivity index (χ3n) is 0.499. The van der Waals surface area contributed by atoms with Gasteiger partial charge in [0, 0.05) is 0 Å². The third kappa shape index (κ3) is 5.44. The first-order chi connectivity index (χ1) is 3.27. The molecule has 0 amide bonds. The summed E-state index contributed by atoms with van der Waals surface area (Å²) >= 11 is 0. The van der Waals surface area contributed by atoms with Crippen molar-refractivity contribution in [1.82, 2.24) is 0 Å². The summed E-state index contributed by atoms with van der Waals surface area (Å²) in [5.74, 6) is 0. The second-order valence-electron chi connectivity index (χ2n) is 1.42. The lowest BCUT2D eigenvalue weighted by Gasteiger charge is -1.78. The number of allylic oxidation sites excluding steroid dienone is 2. The molecule has 0 spiro atoms. The van der Waals surface area contributed by atoms with Crippen molar-refractivity contribution in [2.45, 2.75) is 6.92 Å². The molecule has 0 atom stereocenters. The standard InChI is InChI=1S/C6H9O/c1-6(2)4-3-5-7/h3-4H,1,5H2,2H3. The Labute approximate surface area is 44.0 Å². The fourth-order valence-corrected chi connectivity index (χ4v) is 0.249. The van der Waals surface area contributed by atoms with Gasteiger partial charge in [0.15, 0.2) is 0 Å². The zero-order chi connectivity index (χ0) is 5.70. The van der Waals surface area contributed by atoms with Crippen molar-refractivity contribution in [2.24, 2.45) is 0 Å². The molecule has 1 radical (unpaired) electrons. The van der Waals surface area contributed by atoms with Crippen LogP contribution in [0.3, 0.4) is 0 Å². The van der Waals surface area contributed by atoms with Gasteiger partial charge in [0.1, 0.15) is 6.61 Å². The van der Waals surface area contributed by atoms with Gasteiger partial charge >= 0.3 is 0 Å². The molecule has 1 heteroatoms. The van der Waals surface area contributed by atoms with Crippen LogP contribution in [0.5, 0.6) is 0 Å². The Bertz CT molecular complexity index is 82.2. The molecule has 39 valence electrons. The molecule has 1 nitrogen and oxygen atoms in total. The summed E-state index contributed by atoms with van der Waals surface area (Å²) in [6.07, 6.45) is 3.26. The quantitative estimate of drug-likeness (QED) is 0.466. The van der Waals surface area contributed by atoms with Crippen LogP contribution in [-0.4, -0.2) is 6.61 Å². The van der Waals surface area contributed by atoms with E-state index in [1.165, 1.54) is 0 Å². The van der Waals surface area contributed by atoms with E-state index in [2.05, 4.69) is 6.58 Å². The summed E-state index contributed by atoms with van der Waals surface area (Å²) in [7, 11) is 0. The summed E-state index contributed by atoms with van der Waals surface area (Å²) in [5, 5.41) is 9.71. The zero-order valence-corrected chi connectivity index (χ0v) is 4.48. The van der Waals surface area contributed by atoms with Crippen LogP contribution in [0.4, 0.5) is 0 Å². The Kier molecular flexibility index (Phi) is 3.33. The lowest BCUT2D eigenvalue weighted by Crippen LogP contribution is -1.67. The van der Waals surface area contributed by atoms with Crippen molar-refractivity contribution < 1.29 is 5.11 Å². The van der Waals surface area contributed by atoms with Crippen LogP contribution in [0.1, 0.15) is 6.92 Å². The molecule has 0 aliphatic heterocycles. The Morgan fingerprint density at radius 1 is 1.86 bits per heavy atom. The molecule has 0 aliphatic rings. The van der Waals surface area contributed by atoms with Gasteiger partial charge in [-0.2, -0.15) is 0 Å². The van der Waals surface area contributed by atoms with Crippen molar-refractivity contribution in [3.63, 3.8) is 0 Å². The Morgan fingerprint density at radius 3 is 2.57 bits per heavy atom. The van der Waals surface area contributed by atoms with Crippen LogP contribution >= 0.6 is 0 Å². The molecule has 0 aromatic rings. The monoisotopic (exact) mass is 97.1 g/mol.